The molecule has 0 spiro atoms. The predicted molar refractivity (Wildman–Crippen MR) is 47.1 cm³/mol. The summed E-state index contributed by atoms with van der Waals surface area (Å²) in [7, 11) is 0. The van der Waals surface area contributed by atoms with Gasteiger partial charge in [-0.2, -0.15) is 5.10 Å². The zero-order valence-corrected chi connectivity index (χ0v) is 7.28. The second-order valence-electron chi connectivity index (χ2n) is 2.85. The van der Waals surface area contributed by atoms with Gasteiger partial charge in [-0.3, -0.25) is 0 Å². The number of pyridine rings is 1. The van der Waals surface area contributed by atoms with Gasteiger partial charge in [0.05, 0.1) is 0 Å². The van der Waals surface area contributed by atoms with Crippen molar-refractivity contribution in [1.29, 1.82) is 0 Å². The number of hydrogen-bond donors (Lipinski definition) is 0. The fraction of sp³-hybridized carbons (Fsp3) is 0.333. The van der Waals surface area contributed by atoms with E-state index in [9.17, 15) is 0 Å². The van der Waals surface area contributed by atoms with Crippen LogP contribution in [0.2, 0.25) is 0 Å². The van der Waals surface area contributed by atoms with Crippen molar-refractivity contribution in [2.24, 2.45) is 0 Å². The van der Waals surface area contributed by atoms with Gasteiger partial charge in [0, 0.05) is 6.20 Å². The molecule has 0 aliphatic rings. The summed E-state index contributed by atoms with van der Waals surface area (Å²) >= 11 is 0. The molecule has 62 valence electrons. The number of nitrogens with zero attached hydrogens (tertiary/aromatic N) is 3. The van der Waals surface area contributed by atoms with Crippen LogP contribution in [-0.4, -0.2) is 14.6 Å². The van der Waals surface area contributed by atoms with E-state index in [1.807, 2.05) is 13.1 Å². The maximum atomic E-state index is 4.27. The van der Waals surface area contributed by atoms with E-state index in [2.05, 4.69) is 29.1 Å². The average molecular weight is 161 g/mol. The van der Waals surface area contributed by atoms with Crippen LogP contribution in [0.5, 0.6) is 0 Å². The van der Waals surface area contributed by atoms with E-state index in [-0.39, 0.29) is 0 Å². The van der Waals surface area contributed by atoms with E-state index in [0.29, 0.717) is 0 Å². The molecule has 2 rings (SSSR count). The van der Waals surface area contributed by atoms with E-state index < -0.39 is 0 Å². The topological polar surface area (TPSA) is 30.2 Å². The second-order valence-corrected chi connectivity index (χ2v) is 2.85. The third-order valence-corrected chi connectivity index (χ3v) is 1.92. The zero-order valence-electron chi connectivity index (χ0n) is 7.28. The summed E-state index contributed by atoms with van der Waals surface area (Å²) in [5, 5.41) is 4.19. The predicted octanol–water partition coefficient (Wildman–Crippen LogP) is 1.60. The van der Waals surface area contributed by atoms with Crippen molar-refractivity contribution in [3.63, 3.8) is 0 Å². The summed E-state index contributed by atoms with van der Waals surface area (Å²) in [6.45, 7) is 4.04. The van der Waals surface area contributed by atoms with Crippen molar-refractivity contribution < 1.29 is 0 Å². The van der Waals surface area contributed by atoms with Gasteiger partial charge in [0.1, 0.15) is 5.82 Å². The molecular formula is C9H11N3. The maximum Gasteiger partial charge on any atom is 0.155 e. The summed E-state index contributed by atoms with van der Waals surface area (Å²) in [5.41, 5.74) is 2.24. The second kappa shape index (κ2) is 2.59. The first-order chi connectivity index (χ1) is 5.79. The molecule has 2 heterocycles. The van der Waals surface area contributed by atoms with E-state index >= 15 is 0 Å². The zero-order chi connectivity index (χ0) is 8.55. The van der Waals surface area contributed by atoms with Gasteiger partial charge in [-0.1, -0.05) is 6.92 Å². The Bertz CT molecular complexity index is 403. The lowest BCUT2D eigenvalue weighted by Gasteiger charge is -1.94. The molecule has 2 aromatic heterocycles. The molecule has 0 aromatic carbocycles. The minimum Gasteiger partial charge on any atom is -0.221 e. The summed E-state index contributed by atoms with van der Waals surface area (Å²) in [5.74, 6) is 0.822. The Hall–Kier alpha value is -1.38. The number of fused-ring (bicyclic) bond motifs is 1. The molecule has 0 fully saturated rings. The molecule has 0 unspecified atom stereocenters. The van der Waals surface area contributed by atoms with Crippen LogP contribution in [0, 0.1) is 6.92 Å². The van der Waals surface area contributed by atoms with Gasteiger partial charge in [0.2, 0.25) is 0 Å². The van der Waals surface area contributed by atoms with Gasteiger partial charge < -0.3 is 0 Å². The summed E-state index contributed by atoms with van der Waals surface area (Å²) in [4.78, 5) is 4.27. The van der Waals surface area contributed by atoms with E-state index in [0.717, 1.165) is 17.9 Å². The Morgan fingerprint density at radius 1 is 1.50 bits per heavy atom. The quantitative estimate of drug-likeness (QED) is 0.636. The van der Waals surface area contributed by atoms with Crippen molar-refractivity contribution >= 4 is 5.65 Å². The van der Waals surface area contributed by atoms with Crippen molar-refractivity contribution in [1.82, 2.24) is 14.6 Å². The maximum absolute atomic E-state index is 4.27. The lowest BCUT2D eigenvalue weighted by molar-refractivity contribution is 0.924. The van der Waals surface area contributed by atoms with Crippen LogP contribution in [0.3, 0.4) is 0 Å². The average Bonchev–Trinajstić information content (AvgIpc) is 2.43. The molecular weight excluding hydrogens is 150 g/mol. The van der Waals surface area contributed by atoms with Crippen molar-refractivity contribution in [2.75, 3.05) is 0 Å². The molecule has 0 aliphatic heterocycles. The molecule has 0 amide bonds. The minimum atomic E-state index is 0.822. The first kappa shape index (κ1) is 7.28. The third-order valence-electron chi connectivity index (χ3n) is 1.92. The molecule has 3 heteroatoms. The molecule has 0 saturated carbocycles. The molecule has 12 heavy (non-hydrogen) atoms. The van der Waals surface area contributed by atoms with Gasteiger partial charge in [0.25, 0.3) is 0 Å². The molecule has 3 nitrogen and oxygen atoms in total. The van der Waals surface area contributed by atoms with Gasteiger partial charge in [-0.05, 0) is 31.0 Å². The first-order valence-corrected chi connectivity index (χ1v) is 4.11. The third kappa shape index (κ3) is 1.07. The van der Waals surface area contributed by atoms with Gasteiger partial charge >= 0.3 is 0 Å². The monoisotopic (exact) mass is 161 g/mol. The molecule has 0 bridgehead atoms. The molecule has 0 aliphatic carbocycles. The van der Waals surface area contributed by atoms with Crippen LogP contribution in [0.25, 0.3) is 5.65 Å². The van der Waals surface area contributed by atoms with Crippen molar-refractivity contribution in [2.45, 2.75) is 20.3 Å². The minimum absolute atomic E-state index is 0.822. The molecule has 0 N–H and O–H groups in total. The van der Waals surface area contributed by atoms with Crippen LogP contribution in [0.15, 0.2) is 18.3 Å². The Morgan fingerprint density at radius 3 is 3.08 bits per heavy atom. The lowest BCUT2D eigenvalue weighted by atomic mass is 10.2. The smallest absolute Gasteiger partial charge is 0.155 e. The van der Waals surface area contributed by atoms with Crippen LogP contribution >= 0.6 is 0 Å². The molecule has 2 aromatic rings. The van der Waals surface area contributed by atoms with Crippen LogP contribution in [0.1, 0.15) is 18.3 Å². The SMILES string of the molecule is CCc1ccn2nc(C)nc2c1. The standard InChI is InChI=1S/C9H11N3/c1-3-8-4-5-12-9(6-8)10-7(2)11-12/h4-6H,3H2,1-2H3. The highest BCUT2D eigenvalue weighted by Crippen LogP contribution is 2.05. The largest absolute Gasteiger partial charge is 0.221 e. The lowest BCUT2D eigenvalue weighted by Crippen LogP contribution is -1.88. The van der Waals surface area contributed by atoms with Crippen LogP contribution in [0.4, 0.5) is 0 Å². The van der Waals surface area contributed by atoms with E-state index in [1.54, 1.807) is 4.52 Å². The van der Waals surface area contributed by atoms with Crippen molar-refractivity contribution in [3.8, 4) is 0 Å². The van der Waals surface area contributed by atoms with E-state index in [1.165, 1.54) is 5.56 Å². The van der Waals surface area contributed by atoms with Crippen LogP contribution in [-0.2, 0) is 6.42 Å². The molecule has 0 saturated heterocycles. The molecule has 0 radical (unpaired) electrons. The fourth-order valence-corrected chi connectivity index (χ4v) is 1.25. The highest BCUT2D eigenvalue weighted by atomic mass is 15.3. The summed E-state index contributed by atoms with van der Waals surface area (Å²) in [6, 6.07) is 4.14. The fourth-order valence-electron chi connectivity index (χ4n) is 1.25. The number of aryl methyl sites for hydroxylation is 2. The Labute approximate surface area is 71.1 Å². The number of hydrogen-bond acceptors (Lipinski definition) is 2. The highest BCUT2D eigenvalue weighted by Gasteiger charge is 1.98. The van der Waals surface area contributed by atoms with Crippen molar-refractivity contribution in [3.05, 3.63) is 29.7 Å². The van der Waals surface area contributed by atoms with E-state index in [4.69, 9.17) is 0 Å². The number of aromatic nitrogens is 3. The van der Waals surface area contributed by atoms with Gasteiger partial charge in [-0.25, -0.2) is 9.50 Å². The normalized spacial score (nSPS) is 10.8. The summed E-state index contributed by atoms with van der Waals surface area (Å²) in [6.07, 6.45) is 3.00. The van der Waals surface area contributed by atoms with Gasteiger partial charge in [0.15, 0.2) is 5.65 Å². The Balaban J connectivity index is 2.66. The first-order valence-electron chi connectivity index (χ1n) is 4.11. The van der Waals surface area contributed by atoms with Gasteiger partial charge in [-0.15, -0.1) is 0 Å². The number of rotatable bonds is 1. The summed E-state index contributed by atoms with van der Waals surface area (Å²) < 4.78 is 1.80. The molecule has 0 atom stereocenters. The Kier molecular flexibility index (Phi) is 1.57. The Morgan fingerprint density at radius 2 is 2.33 bits per heavy atom. The highest BCUT2D eigenvalue weighted by molar-refractivity contribution is 5.40. The van der Waals surface area contributed by atoms with Crippen LogP contribution < -0.4 is 0 Å².